The van der Waals surface area contributed by atoms with Crippen LogP contribution in [0.15, 0.2) is 71.6 Å². The Labute approximate surface area is 261 Å². The van der Waals surface area contributed by atoms with Gasteiger partial charge in [0, 0.05) is 12.6 Å². The molecule has 4 rings (SSSR count). The Morgan fingerprint density at radius 1 is 1.00 bits per heavy atom. The van der Waals surface area contributed by atoms with Gasteiger partial charge >= 0.3 is 0 Å². The quantitative estimate of drug-likeness (QED) is 0.252. The highest BCUT2D eigenvalue weighted by Crippen LogP contribution is 2.28. The van der Waals surface area contributed by atoms with Crippen LogP contribution in [0.2, 0.25) is 10.0 Å². The third kappa shape index (κ3) is 8.19. The zero-order valence-corrected chi connectivity index (χ0v) is 26.3. The van der Waals surface area contributed by atoms with Gasteiger partial charge < -0.3 is 15.0 Å². The highest BCUT2D eigenvalue weighted by molar-refractivity contribution is 7.92. The molecule has 1 atom stereocenters. The van der Waals surface area contributed by atoms with E-state index in [4.69, 9.17) is 27.9 Å². The largest absolute Gasteiger partial charge is 0.494 e. The lowest BCUT2D eigenvalue weighted by Gasteiger charge is -2.32. The number of rotatable bonds is 12. The lowest BCUT2D eigenvalue weighted by atomic mass is 10.1. The first-order valence-electron chi connectivity index (χ1n) is 14.0. The van der Waals surface area contributed by atoms with Gasteiger partial charge in [-0.1, -0.05) is 42.1 Å². The molecule has 0 radical (unpaired) electrons. The Hall–Kier alpha value is -3.34. The van der Waals surface area contributed by atoms with E-state index < -0.39 is 34.3 Å². The molecule has 43 heavy (non-hydrogen) atoms. The smallest absolute Gasteiger partial charge is 0.264 e. The van der Waals surface area contributed by atoms with E-state index in [2.05, 4.69) is 5.32 Å². The average molecular weight is 651 g/mol. The summed E-state index contributed by atoms with van der Waals surface area (Å²) in [6.45, 7) is 3.19. The first-order valence-corrected chi connectivity index (χ1v) is 16.2. The van der Waals surface area contributed by atoms with Crippen molar-refractivity contribution in [3.05, 3.63) is 88.2 Å². The van der Waals surface area contributed by atoms with E-state index in [0.29, 0.717) is 22.9 Å². The Balaban J connectivity index is 1.70. The van der Waals surface area contributed by atoms with Crippen LogP contribution in [0.4, 0.5) is 10.1 Å². The first-order chi connectivity index (χ1) is 20.5. The fourth-order valence-corrected chi connectivity index (χ4v) is 6.68. The highest BCUT2D eigenvalue weighted by atomic mass is 35.5. The normalized spacial score (nSPS) is 14.3. The molecule has 0 bridgehead atoms. The Morgan fingerprint density at radius 2 is 1.65 bits per heavy atom. The van der Waals surface area contributed by atoms with E-state index in [0.717, 1.165) is 54.3 Å². The number of sulfonamides is 1. The van der Waals surface area contributed by atoms with Crippen molar-refractivity contribution >= 4 is 50.7 Å². The van der Waals surface area contributed by atoms with Crippen LogP contribution in [0.1, 0.15) is 45.1 Å². The highest BCUT2D eigenvalue weighted by Gasteiger charge is 2.33. The Bertz CT molecular complexity index is 1530. The van der Waals surface area contributed by atoms with Crippen LogP contribution in [0, 0.1) is 5.82 Å². The zero-order valence-electron chi connectivity index (χ0n) is 23.9. The van der Waals surface area contributed by atoms with E-state index in [-0.39, 0.29) is 34.1 Å². The van der Waals surface area contributed by atoms with Crippen molar-refractivity contribution in [1.82, 2.24) is 10.2 Å². The van der Waals surface area contributed by atoms with Gasteiger partial charge in [-0.2, -0.15) is 0 Å². The number of halogens is 3. The van der Waals surface area contributed by atoms with Crippen LogP contribution in [-0.2, 0) is 26.2 Å². The van der Waals surface area contributed by atoms with Crippen molar-refractivity contribution in [2.45, 2.75) is 63.1 Å². The monoisotopic (exact) mass is 649 g/mol. The third-order valence-corrected chi connectivity index (χ3v) is 9.85. The summed E-state index contributed by atoms with van der Waals surface area (Å²) in [5.74, 6) is -1.04. The molecule has 0 heterocycles. The number of amides is 2. The molecule has 1 fully saturated rings. The molecule has 3 aromatic carbocycles. The number of benzene rings is 3. The van der Waals surface area contributed by atoms with Gasteiger partial charge in [-0.25, -0.2) is 12.8 Å². The molecule has 1 saturated carbocycles. The Kier molecular flexibility index (Phi) is 10.9. The van der Waals surface area contributed by atoms with Gasteiger partial charge in [-0.05, 0) is 92.9 Å². The summed E-state index contributed by atoms with van der Waals surface area (Å²) in [5.41, 5.74) is 0.802. The fraction of sp³-hybridized carbons (Fsp3) is 0.355. The van der Waals surface area contributed by atoms with E-state index in [9.17, 15) is 22.4 Å². The van der Waals surface area contributed by atoms with E-state index in [1.165, 1.54) is 17.0 Å². The summed E-state index contributed by atoms with van der Waals surface area (Å²) in [7, 11) is -4.34. The summed E-state index contributed by atoms with van der Waals surface area (Å²) in [6, 6.07) is 14.6. The summed E-state index contributed by atoms with van der Waals surface area (Å²) in [4.78, 5) is 28.5. The van der Waals surface area contributed by atoms with Gasteiger partial charge in [0.2, 0.25) is 11.8 Å². The lowest BCUT2D eigenvalue weighted by Crippen LogP contribution is -2.52. The molecule has 0 aliphatic heterocycles. The molecule has 8 nitrogen and oxygen atoms in total. The second-order valence-electron chi connectivity index (χ2n) is 10.3. The lowest BCUT2D eigenvalue weighted by molar-refractivity contribution is -0.139. The number of nitrogens with one attached hydrogen (secondary N) is 1. The molecule has 12 heteroatoms. The second-order valence-corrected chi connectivity index (χ2v) is 13.0. The van der Waals surface area contributed by atoms with Crippen molar-refractivity contribution < 1.29 is 27.1 Å². The molecular formula is C31H34Cl2FN3O5S. The van der Waals surface area contributed by atoms with Crippen molar-refractivity contribution in [2.75, 3.05) is 17.5 Å². The van der Waals surface area contributed by atoms with Gasteiger partial charge in [0.15, 0.2) is 0 Å². The predicted molar refractivity (Wildman–Crippen MR) is 165 cm³/mol. The van der Waals surface area contributed by atoms with Crippen LogP contribution in [0.25, 0.3) is 0 Å². The van der Waals surface area contributed by atoms with Crippen molar-refractivity contribution in [1.29, 1.82) is 0 Å². The van der Waals surface area contributed by atoms with E-state index in [1.54, 1.807) is 37.3 Å². The summed E-state index contributed by atoms with van der Waals surface area (Å²) >= 11 is 12.3. The van der Waals surface area contributed by atoms with E-state index in [1.807, 2.05) is 6.92 Å². The van der Waals surface area contributed by atoms with Crippen LogP contribution < -0.4 is 14.4 Å². The third-order valence-electron chi connectivity index (χ3n) is 7.32. The number of hydrogen-bond acceptors (Lipinski definition) is 5. The number of ether oxygens (including phenoxy) is 1. The molecule has 230 valence electrons. The van der Waals surface area contributed by atoms with Crippen LogP contribution in [0.3, 0.4) is 0 Å². The van der Waals surface area contributed by atoms with Crippen LogP contribution in [-0.4, -0.2) is 50.4 Å². The van der Waals surface area contributed by atoms with Gasteiger partial charge in [0.1, 0.15) is 24.2 Å². The van der Waals surface area contributed by atoms with Gasteiger partial charge in [0.25, 0.3) is 10.0 Å². The molecule has 1 aliphatic carbocycles. The topological polar surface area (TPSA) is 96.0 Å². The van der Waals surface area contributed by atoms with Crippen LogP contribution in [0.5, 0.6) is 5.75 Å². The van der Waals surface area contributed by atoms with E-state index >= 15 is 0 Å². The zero-order chi connectivity index (χ0) is 31.1. The minimum Gasteiger partial charge on any atom is -0.494 e. The van der Waals surface area contributed by atoms with Crippen molar-refractivity contribution in [3.8, 4) is 5.75 Å². The minimum absolute atomic E-state index is 0.0242. The van der Waals surface area contributed by atoms with Crippen molar-refractivity contribution in [3.63, 3.8) is 0 Å². The number of anilines is 1. The molecule has 1 N–H and O–H groups in total. The number of hydrogen-bond donors (Lipinski definition) is 1. The molecule has 0 aromatic heterocycles. The predicted octanol–water partition coefficient (Wildman–Crippen LogP) is 6.20. The molecule has 0 spiro atoms. The van der Waals surface area contributed by atoms with Gasteiger partial charge in [-0.15, -0.1) is 0 Å². The molecule has 1 unspecified atom stereocenters. The maximum Gasteiger partial charge on any atom is 0.264 e. The molecule has 1 aliphatic rings. The standard InChI is InChI=1S/C31H34Cl2FN3O5S/c1-3-42-26-13-11-25(12-14-26)37(43(40,41)27-15-9-23(34)10-16-27)20-30(38)36(19-22-8-17-28(32)29(33)18-22)21(2)31(39)35-24-6-4-5-7-24/h8-18,21,24H,3-7,19-20H2,1-2H3,(H,35,39). The fourth-order valence-electron chi connectivity index (χ4n) is 4.95. The molecule has 2 amide bonds. The minimum atomic E-state index is -4.34. The first kappa shape index (κ1) is 32.6. The van der Waals surface area contributed by atoms with Crippen molar-refractivity contribution in [2.24, 2.45) is 0 Å². The summed E-state index contributed by atoms with van der Waals surface area (Å²) < 4.78 is 47.9. The Morgan fingerprint density at radius 3 is 2.26 bits per heavy atom. The SMILES string of the molecule is CCOc1ccc(N(CC(=O)N(Cc2ccc(Cl)c(Cl)c2)C(C)C(=O)NC2CCCC2)S(=O)(=O)c2ccc(F)cc2)cc1. The number of carbonyl (C=O) groups is 2. The summed E-state index contributed by atoms with van der Waals surface area (Å²) in [6.07, 6.45) is 3.76. The molecular weight excluding hydrogens is 616 g/mol. The molecule has 3 aromatic rings. The number of nitrogens with zero attached hydrogens (tertiary/aromatic N) is 2. The number of carbonyl (C=O) groups excluding carboxylic acids is 2. The second kappa shape index (κ2) is 14.4. The maximum absolute atomic E-state index is 14.1. The molecule has 0 saturated heterocycles. The van der Waals surface area contributed by atoms with Crippen LogP contribution >= 0.6 is 23.2 Å². The van der Waals surface area contributed by atoms with Gasteiger partial charge in [-0.3, -0.25) is 13.9 Å². The van der Waals surface area contributed by atoms with Gasteiger partial charge in [0.05, 0.1) is 27.2 Å². The summed E-state index contributed by atoms with van der Waals surface area (Å²) in [5, 5.41) is 3.64. The maximum atomic E-state index is 14.1. The average Bonchev–Trinajstić information content (AvgIpc) is 3.50.